The maximum atomic E-state index is 12.2. The van der Waals surface area contributed by atoms with Crippen LogP contribution >= 0.6 is 0 Å². The molecule has 1 atom stereocenters. The van der Waals surface area contributed by atoms with Gasteiger partial charge in [0, 0.05) is 6.54 Å². The zero-order valence-electron chi connectivity index (χ0n) is 13.2. The van der Waals surface area contributed by atoms with Gasteiger partial charge in [-0.2, -0.15) is 0 Å². The molecular weight excluding hydrogens is 282 g/mol. The first kappa shape index (κ1) is 16.3. The molecule has 1 fully saturated rings. The molecule has 1 unspecified atom stereocenters. The number of carboxylic acids is 1. The van der Waals surface area contributed by atoms with Gasteiger partial charge in [0.25, 0.3) is 0 Å². The second-order valence-electron chi connectivity index (χ2n) is 5.86. The van der Waals surface area contributed by atoms with Gasteiger partial charge in [0.1, 0.15) is 11.8 Å². The van der Waals surface area contributed by atoms with Crippen molar-refractivity contribution in [3.63, 3.8) is 0 Å². The summed E-state index contributed by atoms with van der Waals surface area (Å²) in [5, 5.41) is 9.20. The molecule has 1 aromatic rings. The largest absolute Gasteiger partial charge is 0.493 e. The van der Waals surface area contributed by atoms with Crippen molar-refractivity contribution in [1.82, 2.24) is 4.90 Å². The molecule has 0 aromatic heterocycles. The molecule has 0 spiro atoms. The van der Waals surface area contributed by atoms with Crippen LogP contribution < -0.4 is 4.74 Å². The fourth-order valence-electron chi connectivity index (χ4n) is 2.90. The quantitative estimate of drug-likeness (QED) is 0.908. The van der Waals surface area contributed by atoms with Crippen molar-refractivity contribution < 1.29 is 19.4 Å². The Morgan fingerprint density at radius 3 is 2.55 bits per heavy atom. The third-order valence-electron chi connectivity index (χ3n) is 3.89. The van der Waals surface area contributed by atoms with Crippen LogP contribution in [0.15, 0.2) is 18.2 Å². The van der Waals surface area contributed by atoms with E-state index in [0.29, 0.717) is 13.0 Å². The van der Waals surface area contributed by atoms with Gasteiger partial charge in [-0.3, -0.25) is 4.79 Å². The lowest BCUT2D eigenvalue weighted by Gasteiger charge is -2.33. The molecule has 2 rings (SSSR count). The molecule has 1 saturated heterocycles. The Morgan fingerprint density at radius 1 is 1.23 bits per heavy atom. The molecular formula is C17H23NO4. The van der Waals surface area contributed by atoms with Crippen LogP contribution in [0.5, 0.6) is 5.75 Å². The van der Waals surface area contributed by atoms with Gasteiger partial charge in [-0.05, 0) is 56.4 Å². The number of ether oxygens (including phenoxy) is 1. The van der Waals surface area contributed by atoms with Gasteiger partial charge in [0.15, 0.2) is 0 Å². The Balaban J connectivity index is 1.87. The molecule has 0 bridgehead atoms. The summed E-state index contributed by atoms with van der Waals surface area (Å²) in [6.45, 7) is 4.79. The van der Waals surface area contributed by atoms with E-state index in [0.717, 1.165) is 29.7 Å². The van der Waals surface area contributed by atoms with Gasteiger partial charge in [-0.1, -0.05) is 6.07 Å². The SMILES string of the molecule is Cc1cc(C)cc(OCCC(=O)N2CCCCC2C(=O)O)c1. The number of carboxylic acid groups (broad SMARTS) is 1. The van der Waals surface area contributed by atoms with Crippen molar-refractivity contribution in [2.75, 3.05) is 13.2 Å². The van der Waals surface area contributed by atoms with E-state index in [1.54, 1.807) is 0 Å². The predicted molar refractivity (Wildman–Crippen MR) is 83.0 cm³/mol. The number of amides is 1. The summed E-state index contributed by atoms with van der Waals surface area (Å²) in [6.07, 6.45) is 2.48. The Morgan fingerprint density at radius 2 is 1.91 bits per heavy atom. The van der Waals surface area contributed by atoms with E-state index in [-0.39, 0.29) is 18.9 Å². The van der Waals surface area contributed by atoms with Crippen molar-refractivity contribution in [1.29, 1.82) is 0 Å². The maximum Gasteiger partial charge on any atom is 0.326 e. The van der Waals surface area contributed by atoms with Crippen molar-refractivity contribution in [3.8, 4) is 5.75 Å². The van der Waals surface area contributed by atoms with Crippen LogP contribution in [0.4, 0.5) is 0 Å². The Hall–Kier alpha value is -2.04. The van der Waals surface area contributed by atoms with E-state index in [2.05, 4.69) is 6.07 Å². The zero-order valence-corrected chi connectivity index (χ0v) is 13.2. The van der Waals surface area contributed by atoms with Crippen LogP contribution in [0, 0.1) is 13.8 Å². The average molecular weight is 305 g/mol. The summed E-state index contributed by atoms with van der Waals surface area (Å²) < 4.78 is 5.63. The molecule has 1 amide bonds. The number of carbonyl (C=O) groups excluding carboxylic acids is 1. The van der Waals surface area contributed by atoms with Gasteiger partial charge in [0.2, 0.25) is 5.91 Å². The second-order valence-corrected chi connectivity index (χ2v) is 5.86. The molecule has 22 heavy (non-hydrogen) atoms. The number of carbonyl (C=O) groups is 2. The van der Waals surface area contributed by atoms with E-state index < -0.39 is 12.0 Å². The molecule has 120 valence electrons. The van der Waals surface area contributed by atoms with Gasteiger partial charge in [0.05, 0.1) is 13.0 Å². The first-order chi connectivity index (χ1) is 10.5. The van der Waals surface area contributed by atoms with Crippen molar-refractivity contribution in [2.24, 2.45) is 0 Å². The smallest absolute Gasteiger partial charge is 0.326 e. The minimum Gasteiger partial charge on any atom is -0.493 e. The summed E-state index contributed by atoms with van der Waals surface area (Å²) in [5.74, 6) is -0.307. The highest BCUT2D eigenvalue weighted by atomic mass is 16.5. The second kappa shape index (κ2) is 7.29. The Kier molecular flexibility index (Phi) is 5.41. The first-order valence-electron chi connectivity index (χ1n) is 7.71. The van der Waals surface area contributed by atoms with Crippen LogP contribution in [-0.2, 0) is 9.59 Å². The summed E-state index contributed by atoms with van der Waals surface area (Å²) in [4.78, 5) is 24.9. The number of piperidine rings is 1. The third kappa shape index (κ3) is 4.23. The van der Waals surface area contributed by atoms with E-state index in [1.807, 2.05) is 26.0 Å². The van der Waals surface area contributed by atoms with Crippen molar-refractivity contribution >= 4 is 11.9 Å². The monoisotopic (exact) mass is 305 g/mol. The normalized spacial score (nSPS) is 18.1. The van der Waals surface area contributed by atoms with Crippen LogP contribution in [-0.4, -0.2) is 41.1 Å². The highest BCUT2D eigenvalue weighted by Crippen LogP contribution is 2.19. The molecule has 1 N–H and O–H groups in total. The van der Waals surface area contributed by atoms with Crippen molar-refractivity contribution in [3.05, 3.63) is 29.3 Å². The van der Waals surface area contributed by atoms with Gasteiger partial charge < -0.3 is 14.7 Å². The highest BCUT2D eigenvalue weighted by Gasteiger charge is 2.31. The summed E-state index contributed by atoms with van der Waals surface area (Å²) in [6, 6.07) is 5.24. The fourth-order valence-corrected chi connectivity index (χ4v) is 2.90. The molecule has 0 aliphatic carbocycles. The molecule has 0 saturated carbocycles. The van der Waals surface area contributed by atoms with Gasteiger partial charge in [-0.15, -0.1) is 0 Å². The lowest BCUT2D eigenvalue weighted by atomic mass is 10.0. The van der Waals surface area contributed by atoms with Gasteiger partial charge >= 0.3 is 5.97 Å². The van der Waals surface area contributed by atoms with E-state index in [9.17, 15) is 14.7 Å². The number of hydrogen-bond acceptors (Lipinski definition) is 3. The minimum atomic E-state index is -0.914. The fraction of sp³-hybridized carbons (Fsp3) is 0.529. The standard InChI is InChI=1S/C17H23NO4/c1-12-9-13(2)11-14(10-12)22-8-6-16(19)18-7-4-3-5-15(18)17(20)21/h9-11,15H,3-8H2,1-2H3,(H,20,21). The molecule has 5 heteroatoms. The molecule has 1 aliphatic rings. The maximum absolute atomic E-state index is 12.2. The summed E-state index contributed by atoms with van der Waals surface area (Å²) >= 11 is 0. The molecule has 1 heterocycles. The third-order valence-corrected chi connectivity index (χ3v) is 3.89. The van der Waals surface area contributed by atoms with Gasteiger partial charge in [-0.25, -0.2) is 4.79 Å². The number of likely N-dealkylation sites (tertiary alicyclic amines) is 1. The number of hydrogen-bond donors (Lipinski definition) is 1. The summed E-state index contributed by atoms with van der Waals surface area (Å²) in [7, 11) is 0. The number of benzene rings is 1. The molecule has 1 aromatic carbocycles. The van der Waals surface area contributed by atoms with Crippen LogP contribution in [0.2, 0.25) is 0 Å². The van der Waals surface area contributed by atoms with E-state index in [4.69, 9.17) is 4.74 Å². The van der Waals surface area contributed by atoms with Crippen molar-refractivity contribution in [2.45, 2.75) is 45.6 Å². The Labute approximate surface area is 130 Å². The van der Waals surface area contributed by atoms with E-state index >= 15 is 0 Å². The lowest BCUT2D eigenvalue weighted by molar-refractivity contribution is -0.152. The van der Waals surface area contributed by atoms with Crippen LogP contribution in [0.1, 0.15) is 36.8 Å². The summed E-state index contributed by atoms with van der Waals surface area (Å²) in [5.41, 5.74) is 2.23. The van der Waals surface area contributed by atoms with Crippen LogP contribution in [0.3, 0.4) is 0 Å². The Bertz CT molecular complexity index is 535. The topological polar surface area (TPSA) is 66.8 Å². The molecule has 5 nitrogen and oxygen atoms in total. The number of nitrogens with zero attached hydrogens (tertiary/aromatic N) is 1. The predicted octanol–water partition coefficient (Wildman–Crippen LogP) is 2.54. The number of aliphatic carboxylic acids is 1. The van der Waals surface area contributed by atoms with E-state index in [1.165, 1.54) is 4.90 Å². The minimum absolute atomic E-state index is 0.142. The number of rotatable bonds is 5. The lowest BCUT2D eigenvalue weighted by Crippen LogP contribution is -2.48. The number of aryl methyl sites for hydroxylation is 2. The molecule has 1 aliphatic heterocycles. The first-order valence-corrected chi connectivity index (χ1v) is 7.71. The highest BCUT2D eigenvalue weighted by molar-refractivity contribution is 5.83. The molecule has 0 radical (unpaired) electrons. The van der Waals surface area contributed by atoms with Crippen LogP contribution in [0.25, 0.3) is 0 Å². The zero-order chi connectivity index (χ0) is 16.1. The average Bonchev–Trinajstić information content (AvgIpc) is 2.46.